The quantitative estimate of drug-likeness (QED) is 0.826. The van der Waals surface area contributed by atoms with Gasteiger partial charge in [0.05, 0.1) is 11.8 Å². The van der Waals surface area contributed by atoms with Crippen molar-refractivity contribution in [2.24, 2.45) is 0 Å². The van der Waals surface area contributed by atoms with Crippen molar-refractivity contribution in [1.29, 1.82) is 0 Å². The molecule has 126 valence electrons. The van der Waals surface area contributed by atoms with Crippen molar-refractivity contribution in [2.45, 2.75) is 17.2 Å². The predicted molar refractivity (Wildman–Crippen MR) is 65.8 cm³/mol. The summed E-state index contributed by atoms with van der Waals surface area (Å²) in [4.78, 5) is -1.22. The fourth-order valence-corrected chi connectivity index (χ4v) is 2.82. The van der Waals surface area contributed by atoms with Crippen LogP contribution in [0, 0.1) is 0 Å². The van der Waals surface area contributed by atoms with Crippen LogP contribution in [0.15, 0.2) is 35.4 Å². The molecule has 0 fully saturated rings. The van der Waals surface area contributed by atoms with E-state index in [1.165, 1.54) is 5.10 Å². The molecule has 0 unspecified atom stereocenters. The van der Waals surface area contributed by atoms with Gasteiger partial charge in [0.15, 0.2) is 5.69 Å². The Hall–Kier alpha value is -2.24. The lowest BCUT2D eigenvalue weighted by Gasteiger charge is -2.12. The molecule has 0 spiro atoms. The maximum Gasteiger partial charge on any atom is 0.434 e. The van der Waals surface area contributed by atoms with E-state index < -0.39 is 44.2 Å². The van der Waals surface area contributed by atoms with Crippen LogP contribution in [0.1, 0.15) is 11.3 Å². The number of hydrogen-bond acceptors (Lipinski definition) is 3. The van der Waals surface area contributed by atoms with Crippen molar-refractivity contribution in [3.63, 3.8) is 0 Å². The van der Waals surface area contributed by atoms with Crippen LogP contribution in [-0.4, -0.2) is 18.6 Å². The summed E-state index contributed by atoms with van der Waals surface area (Å²) in [5.41, 5.74) is -3.31. The van der Waals surface area contributed by atoms with Crippen molar-refractivity contribution in [3.8, 4) is 0 Å². The van der Waals surface area contributed by atoms with Crippen molar-refractivity contribution < 1.29 is 34.8 Å². The third-order valence-corrected chi connectivity index (χ3v) is 4.01. The highest BCUT2D eigenvalue weighted by Crippen LogP contribution is 2.34. The second-order valence-electron chi connectivity index (χ2n) is 4.29. The van der Waals surface area contributed by atoms with Gasteiger partial charge in [-0.05, 0) is 18.2 Å². The molecule has 0 bridgehead atoms. The molecule has 2 aromatic rings. The van der Waals surface area contributed by atoms with E-state index in [2.05, 4.69) is 5.10 Å². The fourth-order valence-electron chi connectivity index (χ4n) is 1.65. The van der Waals surface area contributed by atoms with Crippen LogP contribution in [0.2, 0.25) is 0 Å². The van der Waals surface area contributed by atoms with E-state index in [-0.39, 0.29) is 0 Å². The number of nitrogens with zero attached hydrogens (tertiary/aromatic N) is 1. The van der Waals surface area contributed by atoms with Gasteiger partial charge in [0.25, 0.3) is 10.0 Å². The second kappa shape index (κ2) is 5.44. The molecule has 0 saturated carbocycles. The molecule has 0 aliphatic rings. The summed E-state index contributed by atoms with van der Waals surface area (Å²) >= 11 is 0. The molecule has 0 atom stereocenters. The van der Waals surface area contributed by atoms with Crippen molar-refractivity contribution in [1.82, 2.24) is 10.2 Å². The van der Waals surface area contributed by atoms with Crippen molar-refractivity contribution in [2.75, 3.05) is 4.72 Å². The SMILES string of the molecule is O=S(=O)(Nc1cccc(C(F)(F)F)c1)c1cn[nH]c1C(F)(F)F. The van der Waals surface area contributed by atoms with E-state index in [9.17, 15) is 34.8 Å². The molecule has 2 rings (SSSR count). The van der Waals surface area contributed by atoms with Crippen molar-refractivity contribution in [3.05, 3.63) is 41.7 Å². The summed E-state index contributed by atoms with van der Waals surface area (Å²) in [6.07, 6.45) is -9.33. The third kappa shape index (κ3) is 3.75. The number of halogens is 6. The Labute approximate surface area is 125 Å². The summed E-state index contributed by atoms with van der Waals surface area (Å²) in [6, 6.07) is 3.04. The van der Waals surface area contributed by atoms with Crippen LogP contribution in [0.4, 0.5) is 32.0 Å². The summed E-state index contributed by atoms with van der Waals surface area (Å²) in [6.45, 7) is 0. The number of H-pyrrole nitrogens is 1. The highest BCUT2D eigenvalue weighted by atomic mass is 32.2. The number of sulfonamides is 1. The zero-order chi connectivity index (χ0) is 17.5. The zero-order valence-electron chi connectivity index (χ0n) is 10.8. The average molecular weight is 359 g/mol. The second-order valence-corrected chi connectivity index (χ2v) is 5.94. The van der Waals surface area contributed by atoms with Crippen molar-refractivity contribution >= 4 is 15.7 Å². The molecule has 2 N–H and O–H groups in total. The molecule has 0 radical (unpaired) electrons. The van der Waals surface area contributed by atoms with E-state index in [0.29, 0.717) is 18.3 Å². The first kappa shape index (κ1) is 17.1. The van der Waals surface area contributed by atoms with E-state index in [1.807, 2.05) is 0 Å². The first-order valence-electron chi connectivity index (χ1n) is 5.72. The fraction of sp³-hybridized carbons (Fsp3) is 0.182. The lowest BCUT2D eigenvalue weighted by Crippen LogP contribution is -2.18. The van der Waals surface area contributed by atoms with Crippen LogP contribution in [0.3, 0.4) is 0 Å². The van der Waals surface area contributed by atoms with E-state index in [0.717, 1.165) is 12.1 Å². The van der Waals surface area contributed by atoms with Gasteiger partial charge in [0.1, 0.15) is 4.90 Å². The highest BCUT2D eigenvalue weighted by Gasteiger charge is 2.39. The minimum absolute atomic E-state index is 0.415. The topological polar surface area (TPSA) is 74.8 Å². The van der Waals surface area contributed by atoms with Gasteiger partial charge in [-0.3, -0.25) is 9.82 Å². The van der Waals surface area contributed by atoms with Gasteiger partial charge in [-0.15, -0.1) is 0 Å². The molecule has 23 heavy (non-hydrogen) atoms. The molecule has 5 nitrogen and oxygen atoms in total. The molecule has 0 saturated heterocycles. The summed E-state index contributed by atoms with van der Waals surface area (Å²) < 4.78 is 101. The largest absolute Gasteiger partial charge is 0.434 e. The Morgan fingerprint density at radius 1 is 1.04 bits per heavy atom. The minimum atomic E-state index is -5.02. The molecule has 1 heterocycles. The van der Waals surface area contributed by atoms with E-state index in [1.54, 1.807) is 4.72 Å². The Kier molecular flexibility index (Phi) is 4.05. The molecular weight excluding hydrogens is 352 g/mol. The van der Waals surface area contributed by atoms with Crippen LogP contribution in [0.25, 0.3) is 0 Å². The van der Waals surface area contributed by atoms with Gasteiger partial charge in [-0.2, -0.15) is 31.4 Å². The van der Waals surface area contributed by atoms with Crippen LogP contribution < -0.4 is 4.72 Å². The maximum atomic E-state index is 12.7. The molecule has 0 amide bonds. The lowest BCUT2D eigenvalue weighted by molar-refractivity contribution is -0.143. The lowest BCUT2D eigenvalue weighted by atomic mass is 10.2. The highest BCUT2D eigenvalue weighted by molar-refractivity contribution is 7.92. The van der Waals surface area contributed by atoms with Gasteiger partial charge in [0, 0.05) is 5.69 Å². The number of benzene rings is 1. The van der Waals surface area contributed by atoms with Gasteiger partial charge >= 0.3 is 12.4 Å². The first-order chi connectivity index (χ1) is 10.4. The molecule has 12 heteroatoms. The Morgan fingerprint density at radius 2 is 1.70 bits per heavy atom. The number of alkyl halides is 6. The van der Waals surface area contributed by atoms with Crippen LogP contribution >= 0.6 is 0 Å². The number of hydrogen-bond donors (Lipinski definition) is 2. The van der Waals surface area contributed by atoms with E-state index >= 15 is 0 Å². The predicted octanol–water partition coefficient (Wildman–Crippen LogP) is 3.25. The Bertz CT molecular complexity index is 810. The third-order valence-electron chi connectivity index (χ3n) is 2.62. The summed E-state index contributed by atoms with van der Waals surface area (Å²) in [7, 11) is -4.78. The maximum absolute atomic E-state index is 12.7. The van der Waals surface area contributed by atoms with E-state index in [4.69, 9.17) is 0 Å². The molecule has 0 aliphatic carbocycles. The zero-order valence-corrected chi connectivity index (χ0v) is 11.6. The first-order valence-corrected chi connectivity index (χ1v) is 7.20. The monoisotopic (exact) mass is 359 g/mol. The Morgan fingerprint density at radius 3 is 2.26 bits per heavy atom. The standard InChI is InChI=1S/C11H7F6N3O2S/c12-10(13,14)6-2-1-3-7(4-6)20-23(21,22)8-5-18-19-9(8)11(15,16)17/h1-5,20H,(H,18,19). The minimum Gasteiger partial charge on any atom is -0.280 e. The number of anilines is 1. The number of aromatic nitrogens is 2. The molecule has 1 aromatic heterocycles. The Balaban J connectivity index is 2.39. The molecule has 0 aliphatic heterocycles. The molecule has 1 aromatic carbocycles. The average Bonchev–Trinajstić information content (AvgIpc) is 2.87. The van der Waals surface area contributed by atoms with Gasteiger partial charge < -0.3 is 0 Å². The smallest absolute Gasteiger partial charge is 0.280 e. The normalized spacial score (nSPS) is 13.1. The van der Waals surface area contributed by atoms with Crippen LogP contribution in [0.5, 0.6) is 0 Å². The van der Waals surface area contributed by atoms with Gasteiger partial charge in [-0.25, -0.2) is 8.42 Å². The molecular formula is C11H7F6N3O2S. The number of rotatable bonds is 3. The number of aromatic amines is 1. The van der Waals surface area contributed by atoms with Crippen LogP contribution in [-0.2, 0) is 22.4 Å². The van der Waals surface area contributed by atoms with Gasteiger partial charge in [0.2, 0.25) is 0 Å². The summed E-state index contributed by atoms with van der Waals surface area (Å²) in [5, 5.41) is 4.51. The number of nitrogens with one attached hydrogen (secondary N) is 2. The van der Waals surface area contributed by atoms with Gasteiger partial charge in [-0.1, -0.05) is 6.07 Å². The summed E-state index contributed by atoms with van der Waals surface area (Å²) in [5.74, 6) is 0.